The van der Waals surface area contributed by atoms with Gasteiger partial charge in [0.1, 0.15) is 12.4 Å². The highest BCUT2D eigenvalue weighted by atomic mass is 127. The molecule has 0 atom stereocenters. The van der Waals surface area contributed by atoms with E-state index in [1.54, 1.807) is 12.1 Å². The molecule has 144 valence electrons. The van der Waals surface area contributed by atoms with E-state index < -0.39 is 4.92 Å². The van der Waals surface area contributed by atoms with Crippen LogP contribution in [0.15, 0.2) is 71.2 Å². The number of nitrogens with zero attached hydrogens (tertiary/aromatic N) is 2. The van der Waals surface area contributed by atoms with Gasteiger partial charge in [-0.15, -0.1) is 0 Å². The summed E-state index contributed by atoms with van der Waals surface area (Å²) in [6.07, 6.45) is 1.83. The number of rotatable bonds is 6. The monoisotopic (exact) mass is 560 g/mol. The zero-order valence-electron chi connectivity index (χ0n) is 15.0. The van der Waals surface area contributed by atoms with Crippen molar-refractivity contribution in [3.8, 4) is 11.8 Å². The van der Waals surface area contributed by atoms with Gasteiger partial charge in [-0.3, -0.25) is 10.1 Å². The van der Waals surface area contributed by atoms with Gasteiger partial charge in [0.25, 0.3) is 5.69 Å². The maximum Gasteiger partial charge on any atom is 0.269 e. The molecule has 0 radical (unpaired) electrons. The summed E-state index contributed by atoms with van der Waals surface area (Å²) in [6.45, 7) is 0.290. The summed E-state index contributed by atoms with van der Waals surface area (Å²) in [4.78, 5) is 10.3. The SMILES string of the molecule is N#C/C(=C/c1ccc(OCc2ccc([N+](=O)[O-])cc2)c(Br)c1)c1ccc(I)cc1. The van der Waals surface area contributed by atoms with Crippen molar-refractivity contribution in [3.63, 3.8) is 0 Å². The van der Waals surface area contributed by atoms with Crippen LogP contribution in [-0.2, 0) is 6.61 Å². The van der Waals surface area contributed by atoms with Crippen molar-refractivity contribution in [2.24, 2.45) is 0 Å². The molecule has 3 aromatic rings. The van der Waals surface area contributed by atoms with Crippen LogP contribution in [-0.4, -0.2) is 4.92 Å². The molecule has 0 unspecified atom stereocenters. The molecule has 0 fully saturated rings. The topological polar surface area (TPSA) is 76.2 Å². The highest BCUT2D eigenvalue weighted by Crippen LogP contribution is 2.29. The van der Waals surface area contributed by atoms with Crippen LogP contribution in [0.2, 0.25) is 0 Å². The van der Waals surface area contributed by atoms with Crippen molar-refractivity contribution in [3.05, 3.63) is 102 Å². The lowest BCUT2D eigenvalue weighted by atomic mass is 10.0. The maximum atomic E-state index is 10.7. The van der Waals surface area contributed by atoms with Crippen LogP contribution in [0.25, 0.3) is 11.6 Å². The first-order valence-electron chi connectivity index (χ1n) is 8.49. The summed E-state index contributed by atoms with van der Waals surface area (Å²) in [5.74, 6) is 0.647. The first-order chi connectivity index (χ1) is 14.0. The maximum absolute atomic E-state index is 10.7. The molecule has 0 aliphatic rings. The number of hydrogen-bond acceptors (Lipinski definition) is 4. The molecule has 0 N–H and O–H groups in total. The van der Waals surface area contributed by atoms with Crippen LogP contribution < -0.4 is 4.74 Å². The molecule has 29 heavy (non-hydrogen) atoms. The molecule has 3 aromatic carbocycles. The number of non-ortho nitro benzene ring substituents is 1. The fourth-order valence-electron chi connectivity index (χ4n) is 2.58. The number of nitro benzene ring substituents is 1. The minimum absolute atomic E-state index is 0.0486. The summed E-state index contributed by atoms with van der Waals surface area (Å²) < 4.78 is 7.67. The first kappa shape index (κ1) is 21.0. The number of benzene rings is 3. The quantitative estimate of drug-likeness (QED) is 0.112. The molecule has 3 rings (SSSR count). The van der Waals surface area contributed by atoms with E-state index >= 15 is 0 Å². The second-order valence-electron chi connectivity index (χ2n) is 6.08. The summed E-state index contributed by atoms with van der Waals surface area (Å²) in [5, 5.41) is 20.2. The molecule has 5 nitrogen and oxygen atoms in total. The molecule has 0 aliphatic heterocycles. The van der Waals surface area contributed by atoms with Crippen LogP contribution in [0, 0.1) is 25.0 Å². The summed E-state index contributed by atoms with van der Waals surface area (Å²) in [6, 6.07) is 21.9. The van der Waals surface area contributed by atoms with Gasteiger partial charge in [-0.2, -0.15) is 5.26 Å². The Balaban J connectivity index is 1.73. The van der Waals surface area contributed by atoms with Crippen LogP contribution in [0.5, 0.6) is 5.75 Å². The van der Waals surface area contributed by atoms with Gasteiger partial charge in [0.05, 0.1) is 21.0 Å². The number of nitro groups is 1. The third-order valence-corrected chi connectivity index (χ3v) is 5.42. The van der Waals surface area contributed by atoms with Gasteiger partial charge in [-0.25, -0.2) is 0 Å². The Morgan fingerprint density at radius 2 is 1.83 bits per heavy atom. The van der Waals surface area contributed by atoms with Crippen LogP contribution in [0.4, 0.5) is 5.69 Å². The van der Waals surface area contributed by atoms with Crippen LogP contribution >= 0.6 is 38.5 Å². The van der Waals surface area contributed by atoms with E-state index in [1.165, 1.54) is 12.1 Å². The van der Waals surface area contributed by atoms with Crippen molar-refractivity contribution < 1.29 is 9.66 Å². The van der Waals surface area contributed by atoms with Crippen molar-refractivity contribution >= 4 is 55.9 Å². The molecule has 0 saturated heterocycles. The lowest BCUT2D eigenvalue weighted by Crippen LogP contribution is -1.97. The Hall–Kier alpha value is -2.70. The lowest BCUT2D eigenvalue weighted by molar-refractivity contribution is -0.384. The van der Waals surface area contributed by atoms with E-state index in [9.17, 15) is 15.4 Å². The highest BCUT2D eigenvalue weighted by Gasteiger charge is 2.07. The van der Waals surface area contributed by atoms with Gasteiger partial charge < -0.3 is 4.74 Å². The van der Waals surface area contributed by atoms with Gasteiger partial charge in [-0.05, 0) is 97.7 Å². The Kier molecular flexibility index (Phi) is 7.01. The Labute approximate surface area is 190 Å². The van der Waals surface area contributed by atoms with E-state index in [2.05, 4.69) is 44.6 Å². The van der Waals surface area contributed by atoms with E-state index in [0.717, 1.165) is 24.7 Å². The van der Waals surface area contributed by atoms with Crippen molar-refractivity contribution in [1.82, 2.24) is 0 Å². The average Bonchev–Trinajstić information content (AvgIpc) is 2.72. The number of allylic oxidation sites excluding steroid dienone is 1. The molecule has 0 spiro atoms. The van der Waals surface area contributed by atoms with Gasteiger partial charge in [0, 0.05) is 15.7 Å². The van der Waals surface area contributed by atoms with Crippen LogP contribution in [0.3, 0.4) is 0 Å². The number of ether oxygens (including phenoxy) is 1. The zero-order chi connectivity index (χ0) is 20.8. The second-order valence-corrected chi connectivity index (χ2v) is 8.18. The number of nitriles is 1. The van der Waals surface area contributed by atoms with Gasteiger partial charge in [0.15, 0.2) is 0 Å². The van der Waals surface area contributed by atoms with E-state index in [4.69, 9.17) is 4.74 Å². The fourth-order valence-corrected chi connectivity index (χ4v) is 3.45. The smallest absolute Gasteiger partial charge is 0.269 e. The summed E-state index contributed by atoms with van der Waals surface area (Å²) >= 11 is 5.73. The number of halogens is 2. The standard InChI is InChI=1S/C22H14BrIN2O3/c23-21-12-16(11-18(13-25)17-4-6-19(24)7-5-17)3-10-22(21)29-14-15-1-8-20(9-2-15)26(27)28/h1-12H,14H2/b18-11-. The molecule has 0 saturated carbocycles. The lowest BCUT2D eigenvalue weighted by Gasteiger charge is -2.09. The predicted octanol–water partition coefficient (Wildman–Crippen LogP) is 6.61. The summed E-state index contributed by atoms with van der Waals surface area (Å²) in [5.41, 5.74) is 3.19. The molecule has 7 heteroatoms. The molecular weight excluding hydrogens is 547 g/mol. The van der Waals surface area contributed by atoms with Crippen LogP contribution in [0.1, 0.15) is 16.7 Å². The Morgan fingerprint density at radius 1 is 1.14 bits per heavy atom. The normalized spacial score (nSPS) is 11.0. The molecule has 0 bridgehead atoms. The Bertz CT molecular complexity index is 1100. The van der Waals surface area contributed by atoms with E-state index in [-0.39, 0.29) is 12.3 Å². The molecular formula is C22H14BrIN2O3. The van der Waals surface area contributed by atoms with Crippen molar-refractivity contribution in [1.29, 1.82) is 5.26 Å². The number of hydrogen-bond donors (Lipinski definition) is 0. The third-order valence-electron chi connectivity index (χ3n) is 4.08. The highest BCUT2D eigenvalue weighted by molar-refractivity contribution is 14.1. The average molecular weight is 561 g/mol. The van der Waals surface area contributed by atoms with Gasteiger partial charge in [-0.1, -0.05) is 18.2 Å². The fraction of sp³-hybridized carbons (Fsp3) is 0.0455. The molecule has 0 aliphatic carbocycles. The third kappa shape index (κ3) is 5.65. The van der Waals surface area contributed by atoms with E-state index in [1.807, 2.05) is 48.5 Å². The van der Waals surface area contributed by atoms with Crippen molar-refractivity contribution in [2.45, 2.75) is 6.61 Å². The second kappa shape index (κ2) is 9.67. The molecule has 0 heterocycles. The molecule has 0 amide bonds. The minimum atomic E-state index is -0.431. The van der Waals surface area contributed by atoms with E-state index in [0.29, 0.717) is 11.3 Å². The predicted molar refractivity (Wildman–Crippen MR) is 124 cm³/mol. The molecule has 0 aromatic heterocycles. The summed E-state index contributed by atoms with van der Waals surface area (Å²) in [7, 11) is 0. The van der Waals surface area contributed by atoms with Gasteiger partial charge >= 0.3 is 0 Å². The Morgan fingerprint density at radius 3 is 2.41 bits per heavy atom. The zero-order valence-corrected chi connectivity index (χ0v) is 18.8. The largest absolute Gasteiger partial charge is 0.488 e. The minimum Gasteiger partial charge on any atom is -0.488 e. The van der Waals surface area contributed by atoms with Gasteiger partial charge in [0.2, 0.25) is 0 Å². The van der Waals surface area contributed by atoms with Crippen molar-refractivity contribution in [2.75, 3.05) is 0 Å². The first-order valence-corrected chi connectivity index (χ1v) is 10.4.